The van der Waals surface area contributed by atoms with E-state index >= 15 is 0 Å². The number of hydrogen-bond donors (Lipinski definition) is 3. The van der Waals surface area contributed by atoms with Gasteiger partial charge in [0.05, 0.1) is 0 Å². The number of carbonyl (C=O) groups is 2. The maximum absolute atomic E-state index is 11.7. The van der Waals surface area contributed by atoms with Crippen LogP contribution in [0.25, 0.3) is 0 Å². The first-order valence-corrected chi connectivity index (χ1v) is 7.76. The van der Waals surface area contributed by atoms with E-state index in [0.717, 1.165) is 11.1 Å². The molecule has 8 heteroatoms. The van der Waals surface area contributed by atoms with Crippen LogP contribution in [0.2, 0.25) is 0 Å². The molecule has 8 nitrogen and oxygen atoms in total. The van der Waals surface area contributed by atoms with E-state index in [1.807, 2.05) is 32.0 Å². The number of nitrogens with one attached hydrogen (secondary N) is 3. The Labute approximate surface area is 144 Å². The number of hydrogen-bond acceptors (Lipinski definition) is 5. The molecule has 25 heavy (non-hydrogen) atoms. The van der Waals surface area contributed by atoms with Crippen molar-refractivity contribution in [1.82, 2.24) is 20.8 Å². The van der Waals surface area contributed by atoms with Crippen molar-refractivity contribution in [3.8, 4) is 5.75 Å². The fourth-order valence-electron chi connectivity index (χ4n) is 1.94. The van der Waals surface area contributed by atoms with Crippen molar-refractivity contribution in [3.05, 3.63) is 57.5 Å². The molecule has 0 aliphatic heterocycles. The zero-order valence-corrected chi connectivity index (χ0v) is 14.1. The van der Waals surface area contributed by atoms with Crippen molar-refractivity contribution in [3.63, 3.8) is 0 Å². The smallest absolute Gasteiger partial charge is 0.271 e. The molecule has 132 valence electrons. The highest BCUT2D eigenvalue weighted by Crippen LogP contribution is 2.16. The fourth-order valence-corrected chi connectivity index (χ4v) is 1.94. The monoisotopic (exact) mass is 344 g/mol. The molecule has 3 N–H and O–H groups in total. The van der Waals surface area contributed by atoms with Gasteiger partial charge in [0.15, 0.2) is 6.61 Å². The molecule has 0 saturated carbocycles. The number of nitrogens with zero attached hydrogens (tertiary/aromatic N) is 1. The standard InChI is InChI=1S/C17H20N4O4/c1-11-3-4-13(9-12(11)2)25-10-16(23)18-7-8-19-17(24)14-5-6-15(22)21-20-14/h3-6,9H,7-8,10H2,1-2H3,(H,18,23)(H,19,24)(H,21,22). The highest BCUT2D eigenvalue weighted by Gasteiger charge is 2.07. The van der Waals surface area contributed by atoms with Crippen LogP contribution < -0.4 is 20.9 Å². The number of aromatic amines is 1. The largest absolute Gasteiger partial charge is 0.484 e. The number of amides is 2. The van der Waals surface area contributed by atoms with E-state index in [9.17, 15) is 14.4 Å². The minimum atomic E-state index is -0.433. The lowest BCUT2D eigenvalue weighted by atomic mass is 10.1. The van der Waals surface area contributed by atoms with E-state index < -0.39 is 5.91 Å². The SMILES string of the molecule is Cc1ccc(OCC(=O)NCCNC(=O)c2ccc(=O)[nH]n2)cc1C. The molecule has 1 aromatic heterocycles. The zero-order chi connectivity index (χ0) is 18.2. The molecular weight excluding hydrogens is 324 g/mol. The minimum Gasteiger partial charge on any atom is -0.484 e. The summed E-state index contributed by atoms with van der Waals surface area (Å²) in [4.78, 5) is 34.3. The van der Waals surface area contributed by atoms with Gasteiger partial charge in [0.2, 0.25) is 0 Å². The van der Waals surface area contributed by atoms with E-state index in [-0.39, 0.29) is 36.9 Å². The lowest BCUT2D eigenvalue weighted by Gasteiger charge is -2.09. The molecule has 1 aromatic carbocycles. The number of carbonyl (C=O) groups excluding carboxylic acids is 2. The Bertz CT molecular complexity index is 796. The first-order chi connectivity index (χ1) is 12.0. The molecule has 2 amide bonds. The van der Waals surface area contributed by atoms with Crippen molar-refractivity contribution in [2.24, 2.45) is 0 Å². The van der Waals surface area contributed by atoms with Gasteiger partial charge in [0.25, 0.3) is 17.4 Å². The topological polar surface area (TPSA) is 113 Å². The minimum absolute atomic E-state index is 0.0993. The van der Waals surface area contributed by atoms with Gasteiger partial charge in [0, 0.05) is 19.2 Å². The first kappa shape index (κ1) is 18.2. The lowest BCUT2D eigenvalue weighted by Crippen LogP contribution is -2.37. The highest BCUT2D eigenvalue weighted by atomic mass is 16.5. The average Bonchev–Trinajstić information content (AvgIpc) is 2.60. The van der Waals surface area contributed by atoms with Gasteiger partial charge in [-0.15, -0.1) is 0 Å². The normalized spacial score (nSPS) is 10.2. The van der Waals surface area contributed by atoms with E-state index in [0.29, 0.717) is 5.75 Å². The summed E-state index contributed by atoms with van der Waals surface area (Å²) in [7, 11) is 0. The van der Waals surface area contributed by atoms with Gasteiger partial charge in [0.1, 0.15) is 11.4 Å². The number of aryl methyl sites for hydroxylation is 2. The molecule has 0 atom stereocenters. The number of H-pyrrole nitrogens is 1. The third kappa shape index (κ3) is 5.76. The van der Waals surface area contributed by atoms with Crippen LogP contribution in [0.3, 0.4) is 0 Å². The predicted molar refractivity (Wildman–Crippen MR) is 91.6 cm³/mol. The Hall–Kier alpha value is -3.16. The zero-order valence-electron chi connectivity index (χ0n) is 14.1. The molecule has 0 bridgehead atoms. The average molecular weight is 344 g/mol. The van der Waals surface area contributed by atoms with Crippen LogP contribution in [-0.2, 0) is 4.79 Å². The summed E-state index contributed by atoms with van der Waals surface area (Å²) in [6, 6.07) is 8.16. The molecule has 2 aromatic rings. The van der Waals surface area contributed by atoms with Crippen molar-refractivity contribution >= 4 is 11.8 Å². The van der Waals surface area contributed by atoms with Gasteiger partial charge in [-0.25, -0.2) is 5.10 Å². The number of rotatable bonds is 7. The molecule has 0 aliphatic rings. The first-order valence-electron chi connectivity index (χ1n) is 7.76. The maximum Gasteiger partial charge on any atom is 0.271 e. The van der Waals surface area contributed by atoms with Crippen LogP contribution >= 0.6 is 0 Å². The second kappa shape index (κ2) is 8.62. The van der Waals surface area contributed by atoms with Crippen molar-refractivity contribution < 1.29 is 14.3 Å². The van der Waals surface area contributed by atoms with Gasteiger partial charge in [-0.2, -0.15) is 5.10 Å². The van der Waals surface area contributed by atoms with Crippen LogP contribution in [-0.4, -0.2) is 41.7 Å². The summed E-state index contributed by atoms with van der Waals surface area (Å²) in [5, 5.41) is 11.0. The Morgan fingerprint density at radius 3 is 2.52 bits per heavy atom. The quantitative estimate of drug-likeness (QED) is 0.626. The molecule has 0 radical (unpaired) electrons. The van der Waals surface area contributed by atoms with Crippen LogP contribution in [0.1, 0.15) is 21.6 Å². The van der Waals surface area contributed by atoms with Crippen molar-refractivity contribution in [2.75, 3.05) is 19.7 Å². The molecule has 0 unspecified atom stereocenters. The van der Waals surface area contributed by atoms with E-state index in [1.54, 1.807) is 0 Å². The third-order valence-electron chi connectivity index (χ3n) is 3.49. The van der Waals surface area contributed by atoms with Gasteiger partial charge in [-0.1, -0.05) is 6.07 Å². The Morgan fingerprint density at radius 1 is 1.08 bits per heavy atom. The van der Waals surface area contributed by atoms with E-state index in [1.165, 1.54) is 12.1 Å². The summed E-state index contributed by atoms with van der Waals surface area (Å²) in [5.41, 5.74) is 1.97. The summed E-state index contributed by atoms with van der Waals surface area (Å²) in [5.74, 6) is -0.0813. The molecule has 0 spiro atoms. The van der Waals surface area contributed by atoms with Gasteiger partial charge in [-0.3, -0.25) is 14.4 Å². The van der Waals surface area contributed by atoms with Gasteiger partial charge >= 0.3 is 0 Å². The van der Waals surface area contributed by atoms with E-state index in [4.69, 9.17) is 4.74 Å². The van der Waals surface area contributed by atoms with Gasteiger partial charge in [-0.05, 0) is 43.2 Å². The van der Waals surface area contributed by atoms with Crippen LogP contribution in [0.5, 0.6) is 5.75 Å². The van der Waals surface area contributed by atoms with Crippen molar-refractivity contribution in [1.29, 1.82) is 0 Å². The molecule has 0 saturated heterocycles. The van der Waals surface area contributed by atoms with Gasteiger partial charge < -0.3 is 15.4 Å². The Morgan fingerprint density at radius 2 is 1.84 bits per heavy atom. The Balaban J connectivity index is 1.66. The second-order valence-electron chi connectivity index (χ2n) is 5.45. The lowest BCUT2D eigenvalue weighted by molar-refractivity contribution is -0.123. The number of benzene rings is 1. The maximum atomic E-state index is 11.7. The highest BCUT2D eigenvalue weighted by molar-refractivity contribution is 5.92. The predicted octanol–water partition coefficient (Wildman–Crippen LogP) is 0.312. The summed E-state index contributed by atoms with van der Waals surface area (Å²) in [6.45, 7) is 4.36. The summed E-state index contributed by atoms with van der Waals surface area (Å²) < 4.78 is 5.42. The molecule has 2 rings (SSSR count). The fraction of sp³-hybridized carbons (Fsp3) is 0.294. The molecule has 0 aliphatic carbocycles. The molecular formula is C17H20N4O4. The summed E-state index contributed by atoms with van der Waals surface area (Å²) >= 11 is 0. The van der Waals surface area contributed by atoms with Crippen LogP contribution in [0.15, 0.2) is 35.1 Å². The third-order valence-corrected chi connectivity index (χ3v) is 3.49. The summed E-state index contributed by atoms with van der Waals surface area (Å²) in [6.07, 6.45) is 0. The van der Waals surface area contributed by atoms with E-state index in [2.05, 4.69) is 20.8 Å². The van der Waals surface area contributed by atoms with Crippen LogP contribution in [0, 0.1) is 13.8 Å². The van der Waals surface area contributed by atoms with Crippen LogP contribution in [0.4, 0.5) is 0 Å². The second-order valence-corrected chi connectivity index (χ2v) is 5.45. The molecule has 0 fully saturated rings. The number of ether oxygens (including phenoxy) is 1. The Kier molecular flexibility index (Phi) is 6.27. The molecule has 1 heterocycles. The van der Waals surface area contributed by atoms with Crippen molar-refractivity contribution in [2.45, 2.75) is 13.8 Å². The number of aromatic nitrogens is 2.